The number of hydrogen-bond donors (Lipinski definition) is 1. The molecule has 2 nitrogen and oxygen atoms in total. The van der Waals surface area contributed by atoms with Crippen LogP contribution < -0.4 is 10.2 Å². The molecule has 0 bridgehead atoms. The van der Waals surface area contributed by atoms with Crippen molar-refractivity contribution in [2.24, 2.45) is 0 Å². The van der Waals surface area contributed by atoms with E-state index in [2.05, 4.69) is 0 Å². The maximum Gasteiger partial charge on any atom is 0.509 e. The fourth-order valence-corrected chi connectivity index (χ4v) is 1.57. The quantitative estimate of drug-likeness (QED) is 0.863. The van der Waals surface area contributed by atoms with Crippen LogP contribution in [0.4, 0.5) is 12.9 Å². The molecule has 0 unspecified atom stereocenters. The molecule has 0 heterocycles. The number of phenolic OH excluding ortho intramolecular Hbond substituents is 1. The molecule has 6 heteroatoms. The van der Waals surface area contributed by atoms with Crippen molar-refractivity contribution < 1.29 is 22.8 Å². The molecule has 0 saturated carbocycles. The summed E-state index contributed by atoms with van der Waals surface area (Å²) >= 11 is 0. The average molecular weight is 267 g/mol. The highest BCUT2D eigenvalue weighted by molar-refractivity contribution is 6.73. The summed E-state index contributed by atoms with van der Waals surface area (Å²) in [5, 5.41) is 9.10. The highest BCUT2D eigenvalue weighted by Gasteiger charge is 2.25. The zero-order valence-corrected chi connectivity index (χ0v) is 9.89. The third kappa shape index (κ3) is 3.68. The number of ether oxygens (including phenoxy) is 1. The zero-order valence-electron chi connectivity index (χ0n) is 9.89. The van der Waals surface area contributed by atoms with Crippen molar-refractivity contribution in [3.63, 3.8) is 0 Å². The minimum atomic E-state index is -5.01. The smallest absolute Gasteiger partial charge is 0.508 e. The van der Waals surface area contributed by atoms with E-state index in [0.717, 1.165) is 17.7 Å². The van der Waals surface area contributed by atoms with Gasteiger partial charge in [-0.2, -0.15) is 0 Å². The summed E-state index contributed by atoms with van der Waals surface area (Å²) in [6.07, 6.45) is 0. The van der Waals surface area contributed by atoms with Gasteiger partial charge in [0, 0.05) is 0 Å². The summed E-state index contributed by atoms with van der Waals surface area (Å²) < 4.78 is 43.0. The van der Waals surface area contributed by atoms with Gasteiger partial charge in [0.25, 0.3) is 0 Å². The Kier molecular flexibility index (Phi) is 3.69. The molecule has 0 saturated heterocycles. The van der Waals surface area contributed by atoms with Crippen molar-refractivity contribution in [2.75, 3.05) is 0 Å². The molecule has 0 atom stereocenters. The number of rotatable bonds is 4. The Morgan fingerprint density at radius 2 is 1.68 bits per heavy atom. The van der Waals surface area contributed by atoms with Crippen LogP contribution in [0, 0.1) is 0 Å². The molecule has 2 aromatic rings. The molecule has 0 fully saturated rings. The summed E-state index contributed by atoms with van der Waals surface area (Å²) in [7, 11) is 0. The highest BCUT2D eigenvalue weighted by atomic mass is 19.4. The van der Waals surface area contributed by atoms with Crippen LogP contribution in [0.25, 0.3) is 0 Å². The van der Waals surface area contributed by atoms with Crippen LogP contribution in [0.2, 0.25) is 0 Å². The molecule has 100 valence electrons. The molecule has 0 aliphatic carbocycles. The monoisotopic (exact) mass is 267 g/mol. The Bertz CT molecular complexity index is 553. The van der Waals surface area contributed by atoms with E-state index in [0.29, 0.717) is 0 Å². The topological polar surface area (TPSA) is 29.5 Å². The molecule has 0 radical (unpaired) electrons. The molecule has 0 aliphatic rings. The van der Waals surface area contributed by atoms with Gasteiger partial charge >= 0.3 is 6.98 Å². The summed E-state index contributed by atoms with van der Waals surface area (Å²) in [4.78, 5) is 0. The predicted molar refractivity (Wildman–Crippen MR) is 67.6 cm³/mol. The first-order chi connectivity index (χ1) is 8.95. The van der Waals surface area contributed by atoms with E-state index >= 15 is 0 Å². The van der Waals surface area contributed by atoms with Crippen LogP contribution in [0.15, 0.2) is 48.5 Å². The fraction of sp³-hybridized carbons (Fsp3) is 0.0769. The number of aromatic hydroxyl groups is 1. The van der Waals surface area contributed by atoms with Crippen molar-refractivity contribution in [3.05, 3.63) is 54.1 Å². The van der Waals surface area contributed by atoms with E-state index in [9.17, 15) is 12.9 Å². The van der Waals surface area contributed by atoms with E-state index in [4.69, 9.17) is 9.84 Å². The van der Waals surface area contributed by atoms with Gasteiger partial charge in [-0.15, -0.1) is 5.46 Å². The lowest BCUT2D eigenvalue weighted by Crippen LogP contribution is -2.33. The Labute approximate surface area is 108 Å². The van der Waals surface area contributed by atoms with Gasteiger partial charge in [0.15, 0.2) is 0 Å². The van der Waals surface area contributed by atoms with Gasteiger partial charge in [0.2, 0.25) is 0 Å². The first-order valence-corrected chi connectivity index (χ1v) is 5.66. The van der Waals surface area contributed by atoms with E-state index in [1.165, 1.54) is 24.3 Å². The number of benzene rings is 2. The van der Waals surface area contributed by atoms with E-state index in [-0.39, 0.29) is 18.1 Å². The van der Waals surface area contributed by atoms with Gasteiger partial charge in [0.1, 0.15) is 18.1 Å². The second kappa shape index (κ2) is 5.26. The SMILES string of the molecule is Oc1ccc(COc2cccc([B-](F)(F)F)c2)cc1. The third-order valence-corrected chi connectivity index (χ3v) is 2.58. The Hall–Kier alpha value is -2.11. The van der Waals surface area contributed by atoms with Gasteiger partial charge < -0.3 is 22.8 Å². The van der Waals surface area contributed by atoms with Crippen molar-refractivity contribution in [2.45, 2.75) is 6.61 Å². The van der Waals surface area contributed by atoms with Crippen LogP contribution in [0.3, 0.4) is 0 Å². The lowest BCUT2D eigenvalue weighted by molar-refractivity contribution is 0.306. The van der Waals surface area contributed by atoms with Gasteiger partial charge in [-0.1, -0.05) is 24.3 Å². The van der Waals surface area contributed by atoms with Gasteiger partial charge in [-0.3, -0.25) is 0 Å². The van der Waals surface area contributed by atoms with Crippen LogP contribution in [0.5, 0.6) is 11.5 Å². The summed E-state index contributed by atoms with van der Waals surface area (Å²) in [6, 6.07) is 11.1. The summed E-state index contributed by atoms with van der Waals surface area (Å²) in [5.74, 6) is 0.301. The summed E-state index contributed by atoms with van der Waals surface area (Å²) in [6.45, 7) is -4.87. The second-order valence-electron chi connectivity index (χ2n) is 4.10. The second-order valence-corrected chi connectivity index (χ2v) is 4.10. The average Bonchev–Trinajstić information content (AvgIpc) is 2.37. The highest BCUT2D eigenvalue weighted by Crippen LogP contribution is 2.16. The Morgan fingerprint density at radius 3 is 2.32 bits per heavy atom. The normalized spacial score (nSPS) is 11.3. The first-order valence-electron chi connectivity index (χ1n) is 5.66. The van der Waals surface area contributed by atoms with Crippen LogP contribution in [0.1, 0.15) is 5.56 Å². The number of phenols is 1. The standard InChI is InChI=1S/C13H11BF3O2/c15-14(16,17)11-2-1-3-13(8-11)19-9-10-4-6-12(18)7-5-10/h1-8,18H,9H2/q-1. The lowest BCUT2D eigenvalue weighted by atomic mass is 9.80. The minimum absolute atomic E-state index is 0.130. The van der Waals surface area contributed by atoms with Gasteiger partial charge in [-0.25, -0.2) is 0 Å². The van der Waals surface area contributed by atoms with Crippen LogP contribution in [-0.4, -0.2) is 12.1 Å². The minimum Gasteiger partial charge on any atom is -0.508 e. The maximum absolute atomic E-state index is 12.6. The Morgan fingerprint density at radius 1 is 1.00 bits per heavy atom. The molecule has 0 spiro atoms. The number of hydrogen-bond acceptors (Lipinski definition) is 2. The van der Waals surface area contributed by atoms with Crippen molar-refractivity contribution in [3.8, 4) is 11.5 Å². The molecule has 1 N–H and O–H groups in total. The van der Waals surface area contributed by atoms with Crippen LogP contribution in [-0.2, 0) is 6.61 Å². The van der Waals surface area contributed by atoms with Gasteiger partial charge in [-0.05, 0) is 29.8 Å². The van der Waals surface area contributed by atoms with Crippen LogP contribution >= 0.6 is 0 Å². The largest absolute Gasteiger partial charge is 0.509 e. The van der Waals surface area contributed by atoms with Crippen molar-refractivity contribution in [1.82, 2.24) is 0 Å². The predicted octanol–water partition coefficient (Wildman–Crippen LogP) is 3.03. The molecule has 19 heavy (non-hydrogen) atoms. The lowest BCUT2D eigenvalue weighted by Gasteiger charge is -2.16. The number of halogens is 3. The third-order valence-electron chi connectivity index (χ3n) is 2.58. The van der Waals surface area contributed by atoms with E-state index < -0.39 is 12.4 Å². The molecule has 2 aromatic carbocycles. The molecular formula is C13H11BF3O2-. The molecular weight excluding hydrogens is 256 g/mol. The van der Waals surface area contributed by atoms with E-state index in [1.54, 1.807) is 12.1 Å². The van der Waals surface area contributed by atoms with Crippen molar-refractivity contribution >= 4 is 12.4 Å². The first kappa shape index (κ1) is 13.3. The van der Waals surface area contributed by atoms with Gasteiger partial charge in [0.05, 0.1) is 0 Å². The summed E-state index contributed by atoms with van der Waals surface area (Å²) in [5.41, 5.74) is 0.0870. The molecule has 0 amide bonds. The molecule has 2 rings (SSSR count). The Balaban J connectivity index is 2.05. The maximum atomic E-state index is 12.6. The van der Waals surface area contributed by atoms with E-state index in [1.807, 2.05) is 0 Å². The molecule has 0 aromatic heterocycles. The zero-order chi connectivity index (χ0) is 13.9. The molecule has 0 aliphatic heterocycles. The van der Waals surface area contributed by atoms with Crippen molar-refractivity contribution in [1.29, 1.82) is 0 Å². The fourth-order valence-electron chi connectivity index (χ4n) is 1.57.